The number of rotatable bonds is 5. The Hall–Kier alpha value is -1.62. The summed E-state index contributed by atoms with van der Waals surface area (Å²) in [5.74, 6) is -0.0593. The van der Waals surface area contributed by atoms with Crippen LogP contribution in [0.1, 0.15) is 43.9 Å². The number of fused-ring (bicyclic) bond motifs is 1. The van der Waals surface area contributed by atoms with Gasteiger partial charge in [-0.3, -0.25) is 0 Å². The Morgan fingerprint density at radius 1 is 1.52 bits per heavy atom. The van der Waals surface area contributed by atoms with Crippen LogP contribution in [0.25, 0.3) is 0 Å². The number of hydrogen-bond donors (Lipinski definition) is 3. The molecule has 0 heterocycles. The first-order valence-corrected chi connectivity index (χ1v) is 7.52. The third-order valence-electron chi connectivity index (χ3n) is 4.29. The molecule has 21 heavy (non-hydrogen) atoms. The molecular weight excluding hydrogens is 271 g/mol. The van der Waals surface area contributed by atoms with Crippen molar-refractivity contribution in [3.8, 4) is 0 Å². The average Bonchev–Trinajstić information content (AvgIpc) is 2.88. The summed E-state index contributed by atoms with van der Waals surface area (Å²) in [4.78, 5) is 11.9. The predicted molar refractivity (Wildman–Crippen MR) is 79.5 cm³/mol. The van der Waals surface area contributed by atoms with Crippen molar-refractivity contribution in [3.63, 3.8) is 0 Å². The van der Waals surface area contributed by atoms with E-state index < -0.39 is 6.10 Å². The zero-order valence-electron chi connectivity index (χ0n) is 12.5. The molecule has 4 nitrogen and oxygen atoms in total. The van der Waals surface area contributed by atoms with Gasteiger partial charge in [0.1, 0.15) is 5.82 Å². The van der Waals surface area contributed by atoms with Crippen molar-refractivity contribution in [1.82, 2.24) is 10.6 Å². The van der Waals surface area contributed by atoms with Crippen LogP contribution < -0.4 is 10.6 Å². The van der Waals surface area contributed by atoms with Gasteiger partial charge in [-0.25, -0.2) is 9.18 Å². The summed E-state index contributed by atoms with van der Waals surface area (Å²) < 4.78 is 13.6. The summed E-state index contributed by atoms with van der Waals surface area (Å²) >= 11 is 0. The highest BCUT2D eigenvalue weighted by Gasteiger charge is 2.26. The van der Waals surface area contributed by atoms with Crippen LogP contribution >= 0.6 is 0 Å². The van der Waals surface area contributed by atoms with Crippen LogP contribution in [0.2, 0.25) is 0 Å². The van der Waals surface area contributed by atoms with Crippen molar-refractivity contribution in [2.45, 2.75) is 45.3 Å². The molecule has 0 aliphatic heterocycles. The summed E-state index contributed by atoms with van der Waals surface area (Å²) in [6.07, 6.45) is 1.66. The first-order valence-electron chi connectivity index (χ1n) is 7.52. The molecule has 2 rings (SSSR count). The number of nitrogens with one attached hydrogen (secondary N) is 2. The van der Waals surface area contributed by atoms with Crippen molar-refractivity contribution >= 4 is 6.03 Å². The lowest BCUT2D eigenvalue weighted by Gasteiger charge is -2.19. The van der Waals surface area contributed by atoms with Crippen LogP contribution in [0.4, 0.5) is 9.18 Å². The van der Waals surface area contributed by atoms with E-state index in [0.717, 1.165) is 12.0 Å². The fourth-order valence-corrected chi connectivity index (χ4v) is 2.64. The highest BCUT2D eigenvalue weighted by molar-refractivity contribution is 5.74. The molecule has 116 valence electrons. The maximum atomic E-state index is 13.6. The van der Waals surface area contributed by atoms with Crippen molar-refractivity contribution in [2.75, 3.05) is 6.54 Å². The van der Waals surface area contributed by atoms with Crippen LogP contribution in [0.15, 0.2) is 18.2 Å². The maximum absolute atomic E-state index is 13.6. The molecule has 0 bridgehead atoms. The van der Waals surface area contributed by atoms with Crippen LogP contribution in [0.5, 0.6) is 0 Å². The number of benzene rings is 1. The molecule has 0 saturated heterocycles. The van der Waals surface area contributed by atoms with E-state index in [9.17, 15) is 14.3 Å². The molecular formula is C16H23FN2O2. The lowest BCUT2D eigenvalue weighted by atomic mass is 10.0. The van der Waals surface area contributed by atoms with E-state index >= 15 is 0 Å². The first kappa shape index (κ1) is 15.8. The zero-order valence-corrected chi connectivity index (χ0v) is 12.5. The number of amides is 2. The van der Waals surface area contributed by atoms with Crippen LogP contribution in [0, 0.1) is 11.7 Å². The number of urea groups is 1. The first-order chi connectivity index (χ1) is 10.0. The lowest BCUT2D eigenvalue weighted by Crippen LogP contribution is -2.42. The Labute approximate surface area is 124 Å². The largest absolute Gasteiger partial charge is 0.391 e. The number of hydrogen-bond acceptors (Lipinski definition) is 2. The summed E-state index contributed by atoms with van der Waals surface area (Å²) in [6.45, 7) is 4.17. The van der Waals surface area contributed by atoms with Crippen LogP contribution in [0.3, 0.4) is 0 Å². The van der Waals surface area contributed by atoms with Crippen molar-refractivity contribution < 1.29 is 14.3 Å². The molecule has 0 radical (unpaired) electrons. The normalized spacial score (nSPS) is 19.7. The maximum Gasteiger partial charge on any atom is 0.315 e. The summed E-state index contributed by atoms with van der Waals surface area (Å²) in [5, 5.41) is 15.4. The van der Waals surface area contributed by atoms with E-state index in [2.05, 4.69) is 10.6 Å². The lowest BCUT2D eigenvalue weighted by molar-refractivity contribution is 0.114. The average molecular weight is 294 g/mol. The van der Waals surface area contributed by atoms with Crippen molar-refractivity contribution in [1.29, 1.82) is 0 Å². The molecule has 0 saturated carbocycles. The fourth-order valence-electron chi connectivity index (χ4n) is 2.64. The number of halogens is 1. The fraction of sp³-hybridized carbons (Fsp3) is 0.562. The molecule has 3 unspecified atom stereocenters. The Bertz CT molecular complexity index is 507. The Morgan fingerprint density at radius 3 is 3.00 bits per heavy atom. The number of carbonyl (C=O) groups is 1. The minimum absolute atomic E-state index is 0.145. The van der Waals surface area contributed by atoms with Gasteiger partial charge in [0, 0.05) is 6.54 Å². The van der Waals surface area contributed by atoms with Gasteiger partial charge in [-0.05, 0) is 36.0 Å². The topological polar surface area (TPSA) is 61.4 Å². The van der Waals surface area contributed by atoms with Gasteiger partial charge >= 0.3 is 6.03 Å². The molecule has 3 N–H and O–H groups in total. The monoisotopic (exact) mass is 294 g/mol. The van der Waals surface area contributed by atoms with E-state index in [-0.39, 0.29) is 30.4 Å². The molecule has 1 aliphatic carbocycles. The Balaban J connectivity index is 1.87. The molecule has 1 aromatic carbocycles. The summed E-state index contributed by atoms with van der Waals surface area (Å²) in [5.41, 5.74) is 1.55. The van der Waals surface area contributed by atoms with E-state index in [1.165, 1.54) is 6.07 Å². The number of aliphatic hydroxyl groups is 1. The Kier molecular flexibility index (Phi) is 5.17. The molecule has 5 heteroatoms. The second-order valence-corrected chi connectivity index (χ2v) is 5.71. The van der Waals surface area contributed by atoms with E-state index in [0.29, 0.717) is 18.4 Å². The second kappa shape index (κ2) is 6.89. The van der Waals surface area contributed by atoms with Gasteiger partial charge in [-0.1, -0.05) is 32.4 Å². The van der Waals surface area contributed by atoms with Gasteiger partial charge in [0.2, 0.25) is 0 Å². The smallest absolute Gasteiger partial charge is 0.315 e. The SMILES string of the molecule is CCC(C)C(O)CNC(=O)NC1CCc2c(F)cccc21. The zero-order chi connectivity index (χ0) is 15.4. The third kappa shape index (κ3) is 3.73. The van der Waals surface area contributed by atoms with Gasteiger partial charge in [0.25, 0.3) is 0 Å². The van der Waals surface area contributed by atoms with E-state index in [1.54, 1.807) is 6.07 Å². The number of aliphatic hydroxyl groups excluding tert-OH is 1. The van der Waals surface area contributed by atoms with Gasteiger partial charge in [0.15, 0.2) is 0 Å². The van der Waals surface area contributed by atoms with Gasteiger partial charge < -0.3 is 15.7 Å². The second-order valence-electron chi connectivity index (χ2n) is 5.71. The van der Waals surface area contributed by atoms with Gasteiger partial charge in [0.05, 0.1) is 12.1 Å². The van der Waals surface area contributed by atoms with Gasteiger partial charge in [-0.2, -0.15) is 0 Å². The molecule has 0 fully saturated rings. The third-order valence-corrected chi connectivity index (χ3v) is 4.29. The molecule has 1 aliphatic rings. The minimum atomic E-state index is -0.547. The van der Waals surface area contributed by atoms with Crippen LogP contribution in [-0.2, 0) is 6.42 Å². The van der Waals surface area contributed by atoms with Crippen molar-refractivity contribution in [3.05, 3.63) is 35.1 Å². The molecule has 0 aromatic heterocycles. The summed E-state index contributed by atoms with van der Waals surface area (Å²) in [6, 6.07) is 4.49. The van der Waals surface area contributed by atoms with E-state index in [4.69, 9.17) is 0 Å². The Morgan fingerprint density at radius 2 is 2.29 bits per heavy atom. The highest BCUT2D eigenvalue weighted by Crippen LogP contribution is 2.32. The number of carbonyl (C=O) groups excluding carboxylic acids is 1. The molecule has 2 amide bonds. The van der Waals surface area contributed by atoms with Gasteiger partial charge in [-0.15, -0.1) is 0 Å². The molecule has 0 spiro atoms. The van der Waals surface area contributed by atoms with Crippen LogP contribution in [-0.4, -0.2) is 23.8 Å². The standard InChI is InChI=1S/C16H23FN2O2/c1-3-10(2)15(20)9-18-16(21)19-14-8-7-11-12(14)5-4-6-13(11)17/h4-6,10,14-15,20H,3,7-9H2,1-2H3,(H2,18,19,21). The summed E-state index contributed by atoms with van der Waals surface area (Å²) in [7, 11) is 0. The molecule has 3 atom stereocenters. The predicted octanol–water partition coefficient (Wildman–Crippen LogP) is 2.52. The van der Waals surface area contributed by atoms with Crippen molar-refractivity contribution in [2.24, 2.45) is 5.92 Å². The minimum Gasteiger partial charge on any atom is -0.391 e. The quantitative estimate of drug-likeness (QED) is 0.781. The molecule has 1 aromatic rings. The highest BCUT2D eigenvalue weighted by atomic mass is 19.1. The van der Waals surface area contributed by atoms with E-state index in [1.807, 2.05) is 19.9 Å².